The Bertz CT molecular complexity index is 1120. The van der Waals surface area contributed by atoms with E-state index in [2.05, 4.69) is 10.3 Å². The van der Waals surface area contributed by atoms with E-state index >= 15 is 0 Å². The molecule has 0 fully saturated rings. The molecule has 0 atom stereocenters. The lowest BCUT2D eigenvalue weighted by Gasteiger charge is -2.11. The quantitative estimate of drug-likeness (QED) is 0.678. The minimum absolute atomic E-state index is 0.00221. The van der Waals surface area contributed by atoms with Crippen molar-refractivity contribution >= 4 is 32.5 Å². The van der Waals surface area contributed by atoms with Crippen molar-refractivity contribution in [1.29, 1.82) is 0 Å². The van der Waals surface area contributed by atoms with Crippen molar-refractivity contribution in [3.63, 3.8) is 0 Å². The Kier molecular flexibility index (Phi) is 5.30. The first kappa shape index (κ1) is 20.1. The van der Waals surface area contributed by atoms with E-state index in [0.717, 1.165) is 0 Å². The van der Waals surface area contributed by atoms with Crippen molar-refractivity contribution in [3.05, 3.63) is 53.9 Å². The summed E-state index contributed by atoms with van der Waals surface area (Å²) in [6, 6.07) is 11.4. The minimum Gasteiger partial charge on any atom is -0.440 e. The van der Waals surface area contributed by atoms with Crippen LogP contribution in [0.5, 0.6) is 0 Å². The normalized spacial score (nSPS) is 12.3. The Labute approximate surface area is 164 Å². The third-order valence-corrected chi connectivity index (χ3v) is 6.20. The smallest absolute Gasteiger partial charge is 0.256 e. The highest BCUT2D eigenvalue weighted by Gasteiger charge is 2.23. The maximum atomic E-state index is 12.8. The summed E-state index contributed by atoms with van der Waals surface area (Å²) < 4.78 is 30.7. The molecule has 3 aromatic rings. The summed E-state index contributed by atoms with van der Waals surface area (Å²) in [6.07, 6.45) is 0.483. The molecule has 0 saturated heterocycles. The van der Waals surface area contributed by atoms with Crippen LogP contribution in [0, 0.1) is 0 Å². The van der Waals surface area contributed by atoms with Crippen LogP contribution in [0.4, 0.5) is 5.69 Å². The van der Waals surface area contributed by atoms with Crippen LogP contribution in [0.15, 0.2) is 51.8 Å². The zero-order valence-corrected chi connectivity index (χ0v) is 17.3. The number of hydrogen-bond acceptors (Lipinski definition) is 5. The standard InChI is InChI=1S/C21H24N2O4S/c1-5-12-28(25,26)18-9-7-6-8-15(18)19(24)22-14-10-11-17-16(13-14)23-20(27-17)21(2,3)4/h6-11,13H,5,12H2,1-4H3,(H,22,24). The molecule has 0 unspecified atom stereocenters. The first-order valence-corrected chi connectivity index (χ1v) is 10.8. The number of nitrogens with one attached hydrogen (secondary N) is 1. The van der Waals surface area contributed by atoms with E-state index in [1.807, 2.05) is 20.8 Å². The van der Waals surface area contributed by atoms with Gasteiger partial charge in [-0.15, -0.1) is 0 Å². The van der Waals surface area contributed by atoms with Crippen molar-refractivity contribution in [2.24, 2.45) is 0 Å². The molecular formula is C21H24N2O4S. The van der Waals surface area contributed by atoms with Gasteiger partial charge in [-0.3, -0.25) is 4.79 Å². The molecule has 0 saturated carbocycles. The van der Waals surface area contributed by atoms with Crippen LogP contribution in [0.1, 0.15) is 50.4 Å². The highest BCUT2D eigenvalue weighted by atomic mass is 32.2. The molecule has 1 N–H and O–H groups in total. The number of carbonyl (C=O) groups is 1. The molecule has 0 aliphatic carbocycles. The topological polar surface area (TPSA) is 89.3 Å². The molecule has 3 rings (SSSR count). The Morgan fingerprint density at radius 1 is 1.14 bits per heavy atom. The molecule has 0 bridgehead atoms. The second-order valence-electron chi connectivity index (χ2n) is 7.72. The average Bonchev–Trinajstić information content (AvgIpc) is 3.05. The van der Waals surface area contributed by atoms with Crippen molar-refractivity contribution in [2.45, 2.75) is 44.4 Å². The highest BCUT2D eigenvalue weighted by molar-refractivity contribution is 7.91. The first-order chi connectivity index (χ1) is 13.1. The fourth-order valence-electron chi connectivity index (χ4n) is 2.83. The second-order valence-corrected chi connectivity index (χ2v) is 9.80. The summed E-state index contributed by atoms with van der Waals surface area (Å²) in [5.74, 6) is 0.133. The van der Waals surface area contributed by atoms with Gasteiger partial charge >= 0.3 is 0 Å². The third kappa shape index (κ3) is 4.09. The molecule has 1 aromatic heterocycles. The molecule has 28 heavy (non-hydrogen) atoms. The summed E-state index contributed by atoms with van der Waals surface area (Å²) in [5.41, 5.74) is 1.69. The van der Waals surface area contributed by atoms with Crippen LogP contribution in [0.2, 0.25) is 0 Å². The van der Waals surface area contributed by atoms with Crippen molar-refractivity contribution < 1.29 is 17.6 Å². The lowest BCUT2D eigenvalue weighted by atomic mass is 9.97. The Morgan fingerprint density at radius 2 is 1.86 bits per heavy atom. The van der Waals surface area contributed by atoms with Gasteiger partial charge in [0, 0.05) is 11.1 Å². The van der Waals surface area contributed by atoms with E-state index in [9.17, 15) is 13.2 Å². The SMILES string of the molecule is CCCS(=O)(=O)c1ccccc1C(=O)Nc1ccc2oc(C(C)(C)C)nc2c1. The number of rotatable bonds is 5. The van der Waals surface area contributed by atoms with Gasteiger partial charge in [-0.05, 0) is 36.8 Å². The predicted molar refractivity (Wildman–Crippen MR) is 109 cm³/mol. The molecule has 6 nitrogen and oxygen atoms in total. The van der Waals surface area contributed by atoms with Crippen molar-refractivity contribution in [3.8, 4) is 0 Å². The fourth-order valence-corrected chi connectivity index (χ4v) is 4.37. The van der Waals surface area contributed by atoms with Crippen LogP contribution >= 0.6 is 0 Å². The molecule has 0 radical (unpaired) electrons. The zero-order valence-electron chi connectivity index (χ0n) is 16.4. The largest absolute Gasteiger partial charge is 0.440 e. The number of benzene rings is 2. The third-order valence-electron chi connectivity index (χ3n) is 4.23. The van der Waals surface area contributed by atoms with Crippen molar-refractivity contribution in [1.82, 2.24) is 4.98 Å². The van der Waals surface area contributed by atoms with Gasteiger partial charge in [0.15, 0.2) is 15.4 Å². The van der Waals surface area contributed by atoms with E-state index < -0.39 is 15.7 Å². The molecule has 7 heteroatoms. The van der Waals surface area contributed by atoms with Crippen LogP contribution in [-0.2, 0) is 15.3 Å². The number of carbonyl (C=O) groups excluding carboxylic acids is 1. The molecule has 0 aliphatic heterocycles. The monoisotopic (exact) mass is 400 g/mol. The van der Waals surface area contributed by atoms with Crippen LogP contribution in [0.3, 0.4) is 0 Å². The van der Waals surface area contributed by atoms with Crippen molar-refractivity contribution in [2.75, 3.05) is 11.1 Å². The number of anilines is 1. The van der Waals surface area contributed by atoms with Gasteiger partial charge in [0.2, 0.25) is 5.89 Å². The number of aromatic nitrogens is 1. The molecular weight excluding hydrogens is 376 g/mol. The van der Waals surface area contributed by atoms with Crippen LogP contribution < -0.4 is 5.32 Å². The number of fused-ring (bicyclic) bond motifs is 1. The van der Waals surface area contributed by atoms with E-state index in [1.165, 1.54) is 12.1 Å². The maximum absolute atomic E-state index is 12.8. The van der Waals surface area contributed by atoms with Gasteiger partial charge in [0.05, 0.1) is 16.2 Å². The Hall–Kier alpha value is -2.67. The summed E-state index contributed by atoms with van der Waals surface area (Å²) >= 11 is 0. The Balaban J connectivity index is 1.92. The molecule has 1 heterocycles. The van der Waals surface area contributed by atoms with Gasteiger partial charge in [-0.25, -0.2) is 13.4 Å². The Morgan fingerprint density at radius 3 is 2.54 bits per heavy atom. The number of hydrogen-bond donors (Lipinski definition) is 1. The molecule has 1 amide bonds. The zero-order chi connectivity index (χ0) is 20.5. The summed E-state index contributed by atoms with van der Waals surface area (Å²) in [5, 5.41) is 2.77. The average molecular weight is 401 g/mol. The second kappa shape index (κ2) is 7.39. The minimum atomic E-state index is -3.51. The predicted octanol–water partition coefficient (Wildman–Crippen LogP) is 4.56. The van der Waals surface area contributed by atoms with Gasteiger partial charge < -0.3 is 9.73 Å². The summed E-state index contributed by atoms with van der Waals surface area (Å²) in [4.78, 5) is 17.3. The summed E-state index contributed by atoms with van der Waals surface area (Å²) in [6.45, 7) is 7.81. The maximum Gasteiger partial charge on any atom is 0.256 e. The number of nitrogens with zero attached hydrogens (tertiary/aromatic N) is 1. The lowest BCUT2D eigenvalue weighted by Crippen LogP contribution is -2.17. The first-order valence-electron chi connectivity index (χ1n) is 9.16. The van der Waals surface area contributed by atoms with Gasteiger partial charge in [-0.1, -0.05) is 39.8 Å². The highest BCUT2D eigenvalue weighted by Crippen LogP contribution is 2.28. The van der Waals surface area contributed by atoms with E-state index in [1.54, 1.807) is 37.3 Å². The number of sulfone groups is 1. The van der Waals surface area contributed by atoms with E-state index in [-0.39, 0.29) is 21.6 Å². The van der Waals surface area contributed by atoms with Crippen LogP contribution in [0.25, 0.3) is 11.1 Å². The number of oxazole rings is 1. The molecule has 2 aromatic carbocycles. The van der Waals surface area contributed by atoms with Gasteiger partial charge in [0.1, 0.15) is 5.52 Å². The lowest BCUT2D eigenvalue weighted by molar-refractivity contribution is 0.102. The molecule has 148 valence electrons. The van der Waals surface area contributed by atoms with Gasteiger partial charge in [0.25, 0.3) is 5.91 Å². The van der Waals surface area contributed by atoms with Crippen LogP contribution in [-0.4, -0.2) is 25.1 Å². The summed E-state index contributed by atoms with van der Waals surface area (Å²) in [7, 11) is -3.51. The van der Waals surface area contributed by atoms with E-state index in [4.69, 9.17) is 4.42 Å². The molecule has 0 aliphatic rings. The van der Waals surface area contributed by atoms with E-state index in [0.29, 0.717) is 29.1 Å². The molecule has 0 spiro atoms. The van der Waals surface area contributed by atoms with Gasteiger partial charge in [-0.2, -0.15) is 0 Å². The fraction of sp³-hybridized carbons (Fsp3) is 0.333. The number of amides is 1.